The third kappa shape index (κ3) is 10.7. The molecular weight excluding hydrogens is 503 g/mol. The van der Waals surface area contributed by atoms with Crippen LogP contribution < -0.4 is 4.74 Å². The molecule has 1 heterocycles. The number of halogens is 3. The Hall–Kier alpha value is -1.30. The van der Waals surface area contributed by atoms with Crippen molar-refractivity contribution in [3.63, 3.8) is 0 Å². The van der Waals surface area contributed by atoms with Crippen molar-refractivity contribution in [1.82, 2.24) is 4.31 Å². The summed E-state index contributed by atoms with van der Waals surface area (Å²) in [7, 11) is -0.235. The first-order chi connectivity index (χ1) is 16.5. The second kappa shape index (κ2) is 15.7. The monoisotopic (exact) mass is 541 g/mol. The summed E-state index contributed by atoms with van der Waals surface area (Å²) in [6.45, 7) is 7.25. The number of unbranched alkanes of at least 4 members (excludes halogenated alkanes) is 1. The standard InChI is InChI=1S/C20H28F3NO5S2.C4H10/c1-3-10-19(18(25)26,11-14-28-2)31(27)24-12-8-16(9-13-24)29-15-4-6-17(7-5-15)30-20(21,22)23;1-3-4-2/h4-7,16H,3,8-14H2,1-2H3,(H,25,26);3-4H2,1-2H3. The van der Waals surface area contributed by atoms with E-state index in [9.17, 15) is 27.3 Å². The topological polar surface area (TPSA) is 76.1 Å². The molecule has 0 amide bonds. The summed E-state index contributed by atoms with van der Waals surface area (Å²) >= 11 is -0.180. The van der Waals surface area contributed by atoms with Gasteiger partial charge in [-0.1, -0.05) is 40.0 Å². The van der Waals surface area contributed by atoms with E-state index in [1.807, 2.05) is 6.92 Å². The molecule has 1 fully saturated rings. The number of aliphatic carboxylic acids is 1. The lowest BCUT2D eigenvalue weighted by molar-refractivity contribution is -0.140. The Morgan fingerprint density at radius 3 is 2.09 bits per heavy atom. The van der Waals surface area contributed by atoms with E-state index in [1.165, 1.54) is 44.2 Å². The van der Waals surface area contributed by atoms with Crippen LogP contribution in [0.5, 0.6) is 5.75 Å². The molecule has 1 aromatic carbocycles. The molecule has 0 saturated carbocycles. The fraction of sp³-hybridized carbons (Fsp3) is 0.708. The highest BCUT2D eigenvalue weighted by atomic mass is 32.2. The number of methoxy groups -OCH3 is 1. The van der Waals surface area contributed by atoms with E-state index in [2.05, 4.69) is 13.8 Å². The van der Waals surface area contributed by atoms with Crippen molar-refractivity contribution in [1.29, 1.82) is 0 Å². The van der Waals surface area contributed by atoms with Crippen molar-refractivity contribution >= 4 is 28.7 Å². The van der Waals surface area contributed by atoms with Crippen molar-refractivity contribution < 1.29 is 36.8 Å². The smallest absolute Gasteiger partial charge is 0.446 e. The minimum atomic E-state index is -4.34. The fourth-order valence-electron chi connectivity index (χ4n) is 3.53. The van der Waals surface area contributed by atoms with Gasteiger partial charge in [0.05, 0.1) is 0 Å². The molecule has 2 unspecified atom stereocenters. The highest BCUT2D eigenvalue weighted by Crippen LogP contribution is 2.37. The summed E-state index contributed by atoms with van der Waals surface area (Å²) in [4.78, 5) is 12.1. The number of benzene rings is 1. The molecule has 1 aliphatic rings. The van der Waals surface area contributed by atoms with Gasteiger partial charge in [0, 0.05) is 31.7 Å². The predicted molar refractivity (Wildman–Crippen MR) is 134 cm³/mol. The van der Waals surface area contributed by atoms with Crippen LogP contribution in [0.4, 0.5) is 13.2 Å². The molecule has 1 N–H and O–H groups in total. The molecule has 0 aromatic heterocycles. The SMILES string of the molecule is CCCC.CCCC(CCOC)(C(=O)O)S(=O)N1CCC(Oc2ccc(SC(F)(F)F)cc2)CC1. The average Bonchev–Trinajstić information content (AvgIpc) is 2.82. The minimum Gasteiger partial charge on any atom is -0.490 e. The van der Waals surface area contributed by atoms with Gasteiger partial charge in [0.15, 0.2) is 4.75 Å². The summed E-state index contributed by atoms with van der Waals surface area (Å²) in [5.74, 6) is -0.614. The molecule has 11 heteroatoms. The maximum absolute atomic E-state index is 13.2. The van der Waals surface area contributed by atoms with Crippen LogP contribution in [0.15, 0.2) is 29.2 Å². The van der Waals surface area contributed by atoms with Crippen molar-refractivity contribution in [2.45, 2.75) is 87.0 Å². The second-order valence-corrected chi connectivity index (χ2v) is 11.2. The quantitative estimate of drug-likeness (QED) is 0.314. The van der Waals surface area contributed by atoms with E-state index < -0.39 is 27.2 Å². The number of carboxylic acids is 1. The summed E-state index contributed by atoms with van der Waals surface area (Å²) in [5, 5.41) is 9.85. The lowest BCUT2D eigenvalue weighted by atomic mass is 9.99. The van der Waals surface area contributed by atoms with E-state index in [4.69, 9.17) is 9.47 Å². The normalized spacial score (nSPS) is 17.7. The van der Waals surface area contributed by atoms with Gasteiger partial charge in [0.25, 0.3) is 0 Å². The zero-order valence-corrected chi connectivity index (χ0v) is 22.6. The molecule has 0 radical (unpaired) electrons. The first-order valence-corrected chi connectivity index (χ1v) is 13.9. The highest BCUT2D eigenvalue weighted by molar-refractivity contribution is 8.00. The first kappa shape index (κ1) is 31.7. The molecule has 2 rings (SSSR count). The van der Waals surface area contributed by atoms with Gasteiger partial charge in [-0.3, -0.25) is 4.79 Å². The molecule has 2 atom stereocenters. The predicted octanol–water partition coefficient (Wildman–Crippen LogP) is 6.27. The average molecular weight is 542 g/mol. The van der Waals surface area contributed by atoms with Crippen LogP contribution >= 0.6 is 11.8 Å². The Bertz CT molecular complexity index is 769. The number of piperidine rings is 1. The van der Waals surface area contributed by atoms with Crippen LogP contribution in [0.2, 0.25) is 0 Å². The van der Waals surface area contributed by atoms with Crippen LogP contribution in [-0.4, -0.2) is 62.8 Å². The van der Waals surface area contributed by atoms with Crippen molar-refractivity contribution in [2.75, 3.05) is 26.8 Å². The van der Waals surface area contributed by atoms with Gasteiger partial charge in [-0.05, 0) is 61.7 Å². The summed E-state index contributed by atoms with van der Waals surface area (Å²) in [5.41, 5.74) is -4.34. The largest absolute Gasteiger partial charge is 0.490 e. The molecule has 1 aromatic rings. The Morgan fingerprint density at radius 1 is 1.09 bits per heavy atom. The molecule has 6 nitrogen and oxygen atoms in total. The zero-order chi connectivity index (χ0) is 26.5. The molecule has 0 bridgehead atoms. The highest BCUT2D eigenvalue weighted by Gasteiger charge is 2.47. The van der Waals surface area contributed by atoms with Crippen molar-refractivity contribution in [3.05, 3.63) is 24.3 Å². The maximum Gasteiger partial charge on any atom is 0.446 e. The fourth-order valence-corrected chi connectivity index (χ4v) is 5.90. The summed E-state index contributed by atoms with van der Waals surface area (Å²) in [6, 6.07) is 5.72. The van der Waals surface area contributed by atoms with Gasteiger partial charge in [0.2, 0.25) is 0 Å². The van der Waals surface area contributed by atoms with Crippen LogP contribution in [-0.2, 0) is 20.5 Å². The number of hydrogen-bond donors (Lipinski definition) is 1. The molecule has 1 saturated heterocycles. The third-order valence-electron chi connectivity index (χ3n) is 5.58. The molecular formula is C24H38F3NO5S2. The van der Waals surface area contributed by atoms with Gasteiger partial charge in [-0.25, -0.2) is 8.51 Å². The van der Waals surface area contributed by atoms with Crippen molar-refractivity contribution in [2.24, 2.45) is 0 Å². The van der Waals surface area contributed by atoms with E-state index in [0.29, 0.717) is 38.1 Å². The van der Waals surface area contributed by atoms with Gasteiger partial charge in [-0.2, -0.15) is 13.2 Å². The number of hydrogen-bond acceptors (Lipinski definition) is 5. The third-order valence-corrected chi connectivity index (χ3v) is 8.41. The number of nitrogens with zero attached hydrogens (tertiary/aromatic N) is 1. The number of thioether (sulfide) groups is 1. The van der Waals surface area contributed by atoms with Crippen LogP contribution in [0, 0.1) is 0 Å². The lowest BCUT2D eigenvalue weighted by Gasteiger charge is -2.37. The van der Waals surface area contributed by atoms with Crippen LogP contribution in [0.25, 0.3) is 0 Å². The molecule has 35 heavy (non-hydrogen) atoms. The number of carboxylic acid groups (broad SMARTS) is 1. The van der Waals surface area contributed by atoms with E-state index in [-0.39, 0.29) is 42.2 Å². The summed E-state index contributed by atoms with van der Waals surface area (Å²) < 4.78 is 61.7. The number of rotatable bonds is 12. The zero-order valence-electron chi connectivity index (χ0n) is 20.9. The summed E-state index contributed by atoms with van der Waals surface area (Å²) in [6.07, 6.45) is 4.57. The maximum atomic E-state index is 13.2. The van der Waals surface area contributed by atoms with Gasteiger partial charge in [-0.15, -0.1) is 0 Å². The minimum absolute atomic E-state index is 0.0852. The molecule has 1 aliphatic heterocycles. The van der Waals surface area contributed by atoms with E-state index in [0.717, 1.165) is 0 Å². The Balaban J connectivity index is 0.00000142. The second-order valence-electron chi connectivity index (χ2n) is 8.31. The Morgan fingerprint density at radius 2 is 1.66 bits per heavy atom. The van der Waals surface area contributed by atoms with Crippen LogP contribution in [0.1, 0.15) is 65.7 Å². The Kier molecular flexibility index (Phi) is 14.3. The first-order valence-electron chi connectivity index (χ1n) is 11.9. The van der Waals surface area contributed by atoms with Crippen molar-refractivity contribution in [3.8, 4) is 5.75 Å². The Labute approximate surface area is 213 Å². The van der Waals surface area contributed by atoms with E-state index in [1.54, 1.807) is 4.31 Å². The molecule has 0 aliphatic carbocycles. The van der Waals surface area contributed by atoms with E-state index >= 15 is 0 Å². The van der Waals surface area contributed by atoms with Gasteiger partial charge >= 0.3 is 11.5 Å². The van der Waals surface area contributed by atoms with Gasteiger partial charge in [0.1, 0.15) is 22.8 Å². The number of alkyl halides is 3. The van der Waals surface area contributed by atoms with Gasteiger partial charge < -0.3 is 14.6 Å². The number of carbonyl (C=O) groups is 1. The molecule has 202 valence electrons. The number of ether oxygens (including phenoxy) is 2. The molecule has 0 spiro atoms. The van der Waals surface area contributed by atoms with Crippen LogP contribution in [0.3, 0.4) is 0 Å². The lowest BCUT2D eigenvalue weighted by Crippen LogP contribution is -2.52.